The van der Waals surface area contributed by atoms with Gasteiger partial charge in [-0.1, -0.05) is 0 Å². The van der Waals surface area contributed by atoms with Crippen molar-refractivity contribution in [3.05, 3.63) is 16.0 Å². The number of aromatic nitrogens is 2. The van der Waals surface area contributed by atoms with Gasteiger partial charge in [-0.3, -0.25) is 4.68 Å². The lowest BCUT2D eigenvalue weighted by Crippen LogP contribution is -2.14. The third-order valence-corrected chi connectivity index (χ3v) is 2.77. The molecule has 4 heteroatoms. The second kappa shape index (κ2) is 3.74. The van der Waals surface area contributed by atoms with E-state index in [1.165, 1.54) is 16.5 Å². The number of hydrogen-bond acceptors (Lipinski definition) is 2. The summed E-state index contributed by atoms with van der Waals surface area (Å²) in [5.41, 5.74) is 0. The van der Waals surface area contributed by atoms with E-state index in [-0.39, 0.29) is 0 Å². The molecule has 0 radical (unpaired) electrons. The van der Waals surface area contributed by atoms with Gasteiger partial charge in [0.1, 0.15) is 0 Å². The van der Waals surface area contributed by atoms with Crippen molar-refractivity contribution in [1.82, 2.24) is 15.1 Å². The first-order valence-corrected chi connectivity index (χ1v) is 5.31. The van der Waals surface area contributed by atoms with Crippen LogP contribution in [0.15, 0.2) is 12.4 Å². The number of nitrogens with zero attached hydrogens (tertiary/aromatic N) is 2. The van der Waals surface area contributed by atoms with Crippen LogP contribution in [0.2, 0.25) is 0 Å². The number of hydrogen-bond donors (Lipinski definition) is 1. The molecule has 2 rings (SSSR count). The van der Waals surface area contributed by atoms with Gasteiger partial charge in [0, 0.05) is 12.7 Å². The fraction of sp³-hybridized carbons (Fsp3) is 0.625. The number of halogens is 1. The fourth-order valence-corrected chi connectivity index (χ4v) is 2.02. The van der Waals surface area contributed by atoms with E-state index in [1.807, 2.05) is 10.9 Å². The summed E-state index contributed by atoms with van der Waals surface area (Å²) in [6.07, 6.45) is 5.29. The molecule has 0 bridgehead atoms. The molecule has 0 aromatic carbocycles. The van der Waals surface area contributed by atoms with Gasteiger partial charge in [0.25, 0.3) is 0 Å². The summed E-state index contributed by atoms with van der Waals surface area (Å²) in [6.45, 7) is 3.38. The molecule has 66 valence electrons. The van der Waals surface area contributed by atoms with Gasteiger partial charge in [0.2, 0.25) is 0 Å². The van der Waals surface area contributed by atoms with E-state index in [9.17, 15) is 0 Å². The molecule has 12 heavy (non-hydrogen) atoms. The Bertz CT molecular complexity index is 253. The van der Waals surface area contributed by atoms with Crippen LogP contribution in [-0.4, -0.2) is 22.9 Å². The molecular formula is C8H12IN3. The van der Waals surface area contributed by atoms with Crippen LogP contribution in [0.1, 0.15) is 6.42 Å². The van der Waals surface area contributed by atoms with Gasteiger partial charge in [-0.05, 0) is 48.0 Å². The smallest absolute Gasteiger partial charge is 0.0623 e. The number of nitrogens with one attached hydrogen (secondary N) is 1. The van der Waals surface area contributed by atoms with Crippen LogP contribution in [0.25, 0.3) is 0 Å². The molecule has 1 aromatic heterocycles. The monoisotopic (exact) mass is 277 g/mol. The van der Waals surface area contributed by atoms with Crippen molar-refractivity contribution in [2.24, 2.45) is 5.92 Å². The Hall–Kier alpha value is -0.100. The zero-order valence-electron chi connectivity index (χ0n) is 6.83. The summed E-state index contributed by atoms with van der Waals surface area (Å²) in [4.78, 5) is 0. The Balaban J connectivity index is 1.94. The van der Waals surface area contributed by atoms with E-state index in [0.717, 1.165) is 19.0 Å². The second-order valence-corrected chi connectivity index (χ2v) is 4.49. The average molecular weight is 277 g/mol. The summed E-state index contributed by atoms with van der Waals surface area (Å²) in [7, 11) is 0. The molecule has 0 unspecified atom stereocenters. The Morgan fingerprint density at radius 1 is 1.75 bits per heavy atom. The van der Waals surface area contributed by atoms with Gasteiger partial charge < -0.3 is 5.32 Å². The molecule has 1 aromatic rings. The van der Waals surface area contributed by atoms with Gasteiger partial charge in [0.05, 0.1) is 9.77 Å². The minimum Gasteiger partial charge on any atom is -0.316 e. The summed E-state index contributed by atoms with van der Waals surface area (Å²) in [6, 6.07) is 0. The molecule has 0 amide bonds. The predicted octanol–water partition coefficient (Wildman–Crippen LogP) is 1.10. The Labute approximate surface area is 85.7 Å². The molecule has 1 N–H and O–H groups in total. The van der Waals surface area contributed by atoms with Crippen molar-refractivity contribution in [2.75, 3.05) is 13.1 Å². The van der Waals surface area contributed by atoms with E-state index >= 15 is 0 Å². The molecular weight excluding hydrogens is 265 g/mol. The first-order valence-electron chi connectivity index (χ1n) is 4.23. The maximum absolute atomic E-state index is 4.26. The summed E-state index contributed by atoms with van der Waals surface area (Å²) < 4.78 is 3.26. The summed E-state index contributed by atoms with van der Waals surface area (Å²) >= 11 is 2.29. The third kappa shape index (κ3) is 1.98. The molecule has 1 saturated heterocycles. The maximum atomic E-state index is 4.26. The minimum atomic E-state index is 0.778. The van der Waals surface area contributed by atoms with E-state index in [4.69, 9.17) is 0 Å². The van der Waals surface area contributed by atoms with E-state index in [0.29, 0.717) is 0 Å². The highest BCUT2D eigenvalue weighted by Crippen LogP contribution is 2.10. The van der Waals surface area contributed by atoms with Crippen molar-refractivity contribution >= 4 is 22.6 Å². The quantitative estimate of drug-likeness (QED) is 0.820. The van der Waals surface area contributed by atoms with Crippen molar-refractivity contribution in [1.29, 1.82) is 0 Å². The first-order chi connectivity index (χ1) is 5.84. The molecule has 3 nitrogen and oxygen atoms in total. The molecule has 0 aliphatic carbocycles. The summed E-state index contributed by atoms with van der Waals surface area (Å²) in [5, 5.41) is 7.62. The topological polar surface area (TPSA) is 29.9 Å². The highest BCUT2D eigenvalue weighted by Gasteiger charge is 2.14. The van der Waals surface area contributed by atoms with Crippen LogP contribution in [0.3, 0.4) is 0 Å². The summed E-state index contributed by atoms with van der Waals surface area (Å²) in [5.74, 6) is 0.778. The van der Waals surface area contributed by atoms with Crippen molar-refractivity contribution in [3.63, 3.8) is 0 Å². The van der Waals surface area contributed by atoms with E-state index in [2.05, 4.69) is 39.2 Å². The Kier molecular flexibility index (Phi) is 2.65. The van der Waals surface area contributed by atoms with Crippen LogP contribution in [0, 0.1) is 9.49 Å². The first kappa shape index (κ1) is 8.50. The second-order valence-electron chi connectivity index (χ2n) is 3.24. The van der Waals surface area contributed by atoms with Gasteiger partial charge >= 0.3 is 0 Å². The average Bonchev–Trinajstić information content (AvgIpc) is 2.63. The molecule has 1 aliphatic heterocycles. The molecule has 1 fully saturated rings. The third-order valence-electron chi connectivity index (χ3n) is 2.21. The zero-order chi connectivity index (χ0) is 8.39. The van der Waals surface area contributed by atoms with Crippen LogP contribution in [-0.2, 0) is 6.54 Å². The number of rotatable bonds is 2. The maximum Gasteiger partial charge on any atom is 0.0623 e. The molecule has 2 heterocycles. The van der Waals surface area contributed by atoms with Crippen molar-refractivity contribution < 1.29 is 0 Å². The van der Waals surface area contributed by atoms with Gasteiger partial charge in [-0.15, -0.1) is 0 Å². The van der Waals surface area contributed by atoms with Gasteiger partial charge in [-0.2, -0.15) is 5.10 Å². The van der Waals surface area contributed by atoms with Gasteiger partial charge in [-0.25, -0.2) is 0 Å². The van der Waals surface area contributed by atoms with E-state index < -0.39 is 0 Å². The van der Waals surface area contributed by atoms with Crippen LogP contribution in [0.5, 0.6) is 0 Å². The van der Waals surface area contributed by atoms with Crippen LogP contribution < -0.4 is 5.32 Å². The largest absolute Gasteiger partial charge is 0.316 e. The minimum absolute atomic E-state index is 0.778. The van der Waals surface area contributed by atoms with Crippen LogP contribution >= 0.6 is 22.6 Å². The fourth-order valence-electron chi connectivity index (χ4n) is 1.57. The lowest BCUT2D eigenvalue weighted by Gasteiger charge is -2.06. The lowest BCUT2D eigenvalue weighted by atomic mass is 10.1. The lowest BCUT2D eigenvalue weighted by molar-refractivity contribution is 0.449. The highest BCUT2D eigenvalue weighted by atomic mass is 127. The SMILES string of the molecule is Ic1cnn(C[C@@H]2CCNC2)c1. The van der Waals surface area contributed by atoms with E-state index in [1.54, 1.807) is 0 Å². The zero-order valence-corrected chi connectivity index (χ0v) is 8.99. The standard InChI is InChI=1S/C8H12IN3/c9-8-4-11-12(6-8)5-7-1-2-10-3-7/h4,6-7,10H,1-3,5H2/t7-/m1/s1. The Morgan fingerprint density at radius 2 is 2.67 bits per heavy atom. The molecule has 1 aliphatic rings. The Morgan fingerprint density at radius 3 is 3.25 bits per heavy atom. The van der Waals surface area contributed by atoms with Gasteiger partial charge in [0.15, 0.2) is 0 Å². The highest BCUT2D eigenvalue weighted by molar-refractivity contribution is 14.1. The molecule has 0 saturated carbocycles. The normalized spacial score (nSPS) is 23.2. The predicted molar refractivity (Wildman–Crippen MR) is 55.9 cm³/mol. The van der Waals surface area contributed by atoms with Crippen LogP contribution in [0.4, 0.5) is 0 Å². The molecule has 0 spiro atoms. The molecule has 1 atom stereocenters. The van der Waals surface area contributed by atoms with Crippen molar-refractivity contribution in [3.8, 4) is 0 Å². The van der Waals surface area contributed by atoms with Crippen molar-refractivity contribution in [2.45, 2.75) is 13.0 Å².